The van der Waals surface area contributed by atoms with Crippen LogP contribution in [0, 0.1) is 3.57 Å². The lowest BCUT2D eigenvalue weighted by Gasteiger charge is -2.08. The fourth-order valence-electron chi connectivity index (χ4n) is 1.87. The number of rotatable bonds is 3. The summed E-state index contributed by atoms with van der Waals surface area (Å²) in [6.07, 6.45) is 1.82. The number of hydrogen-bond acceptors (Lipinski definition) is 3. The maximum absolute atomic E-state index is 4.59. The molecule has 3 nitrogen and oxygen atoms in total. The van der Waals surface area contributed by atoms with Gasteiger partial charge in [-0.1, -0.05) is 24.3 Å². The predicted molar refractivity (Wildman–Crippen MR) is 86.0 cm³/mol. The molecule has 3 aromatic rings. The summed E-state index contributed by atoms with van der Waals surface area (Å²) in [5, 5.41) is 3.38. The van der Waals surface area contributed by atoms with Gasteiger partial charge in [-0.15, -0.1) is 0 Å². The largest absolute Gasteiger partial charge is 0.378 e. The van der Waals surface area contributed by atoms with Crippen molar-refractivity contribution < 1.29 is 0 Å². The molecule has 0 unspecified atom stereocenters. The Kier molecular flexibility index (Phi) is 3.59. The van der Waals surface area contributed by atoms with E-state index in [-0.39, 0.29) is 0 Å². The van der Waals surface area contributed by atoms with Crippen molar-refractivity contribution in [1.82, 2.24) is 9.97 Å². The number of benzene rings is 2. The molecule has 2 aromatic carbocycles. The second kappa shape index (κ2) is 5.52. The molecule has 1 N–H and O–H groups in total. The molecule has 0 amide bonds. The molecule has 3 rings (SSSR count). The molecule has 0 aliphatic carbocycles. The summed E-state index contributed by atoms with van der Waals surface area (Å²) in [5.74, 6) is 0. The molecule has 0 bridgehead atoms. The minimum absolute atomic E-state index is 0.678. The molecule has 0 radical (unpaired) electrons. The fourth-order valence-corrected chi connectivity index (χ4v) is 2.45. The molecule has 0 saturated heterocycles. The summed E-state index contributed by atoms with van der Waals surface area (Å²) >= 11 is 2.32. The SMILES string of the molecule is Ic1ccccc1NCc1cnc2ccccc2n1. The highest BCUT2D eigenvalue weighted by Gasteiger charge is 2.01. The minimum atomic E-state index is 0.678. The Bertz CT molecular complexity index is 712. The van der Waals surface area contributed by atoms with Crippen LogP contribution in [0.1, 0.15) is 5.69 Å². The average Bonchev–Trinajstić information content (AvgIpc) is 2.46. The van der Waals surface area contributed by atoms with Crippen molar-refractivity contribution in [3.05, 3.63) is 64.0 Å². The zero-order chi connectivity index (χ0) is 13.1. The molecule has 4 heteroatoms. The lowest BCUT2D eigenvalue weighted by atomic mass is 10.3. The van der Waals surface area contributed by atoms with Gasteiger partial charge in [0, 0.05) is 9.26 Å². The van der Waals surface area contributed by atoms with Crippen LogP contribution < -0.4 is 5.32 Å². The Morgan fingerprint density at radius 3 is 2.53 bits per heavy atom. The smallest absolute Gasteiger partial charge is 0.0890 e. The Balaban J connectivity index is 1.80. The number of aromatic nitrogens is 2. The van der Waals surface area contributed by atoms with Crippen molar-refractivity contribution in [3.8, 4) is 0 Å². The van der Waals surface area contributed by atoms with Crippen molar-refractivity contribution in [2.45, 2.75) is 6.54 Å². The van der Waals surface area contributed by atoms with Gasteiger partial charge in [0.15, 0.2) is 0 Å². The molecule has 0 spiro atoms. The second-order valence-corrected chi connectivity index (χ2v) is 5.35. The summed E-state index contributed by atoms with van der Waals surface area (Å²) in [5.41, 5.74) is 3.93. The third-order valence-corrected chi connectivity index (χ3v) is 3.77. The molecule has 19 heavy (non-hydrogen) atoms. The molecule has 0 atom stereocenters. The van der Waals surface area contributed by atoms with Crippen LogP contribution in [-0.4, -0.2) is 9.97 Å². The highest BCUT2D eigenvalue weighted by Crippen LogP contribution is 2.17. The first kappa shape index (κ1) is 12.3. The van der Waals surface area contributed by atoms with Crippen LogP contribution in [0.25, 0.3) is 11.0 Å². The number of nitrogens with one attached hydrogen (secondary N) is 1. The standard InChI is InChI=1S/C15H12IN3/c16-12-5-1-2-6-13(12)17-9-11-10-18-14-7-3-4-8-15(14)19-11/h1-8,10,17H,9H2. The molecular formula is C15H12IN3. The molecular weight excluding hydrogens is 349 g/mol. The van der Waals surface area contributed by atoms with Crippen LogP contribution in [0.2, 0.25) is 0 Å². The number of halogens is 1. The van der Waals surface area contributed by atoms with E-state index < -0.39 is 0 Å². The van der Waals surface area contributed by atoms with Crippen molar-refractivity contribution in [3.63, 3.8) is 0 Å². The fraction of sp³-hybridized carbons (Fsp3) is 0.0667. The van der Waals surface area contributed by atoms with Gasteiger partial charge in [-0.25, -0.2) is 4.98 Å². The van der Waals surface area contributed by atoms with Gasteiger partial charge in [0.05, 0.1) is 29.5 Å². The first-order valence-corrected chi connectivity index (χ1v) is 7.10. The van der Waals surface area contributed by atoms with Gasteiger partial charge < -0.3 is 5.32 Å². The normalized spacial score (nSPS) is 10.6. The van der Waals surface area contributed by atoms with E-state index in [9.17, 15) is 0 Å². The maximum atomic E-state index is 4.59. The Hall–Kier alpha value is -1.69. The lowest BCUT2D eigenvalue weighted by molar-refractivity contribution is 1.04. The van der Waals surface area contributed by atoms with Crippen LogP contribution >= 0.6 is 22.6 Å². The molecule has 1 aromatic heterocycles. The van der Waals surface area contributed by atoms with Crippen molar-refractivity contribution in [1.29, 1.82) is 0 Å². The van der Waals surface area contributed by atoms with Gasteiger partial charge in [0.2, 0.25) is 0 Å². The molecule has 94 valence electrons. The number of para-hydroxylation sites is 3. The van der Waals surface area contributed by atoms with E-state index >= 15 is 0 Å². The molecule has 0 aliphatic rings. The van der Waals surface area contributed by atoms with Gasteiger partial charge in [0.25, 0.3) is 0 Å². The summed E-state index contributed by atoms with van der Waals surface area (Å²) in [6, 6.07) is 16.1. The lowest BCUT2D eigenvalue weighted by Crippen LogP contribution is -2.03. The van der Waals surface area contributed by atoms with Gasteiger partial charge in [0.1, 0.15) is 0 Å². The summed E-state index contributed by atoms with van der Waals surface area (Å²) in [4.78, 5) is 9.00. The van der Waals surface area contributed by atoms with Crippen molar-refractivity contribution in [2.24, 2.45) is 0 Å². The van der Waals surface area contributed by atoms with Crippen LogP contribution in [-0.2, 0) is 6.54 Å². The highest BCUT2D eigenvalue weighted by atomic mass is 127. The zero-order valence-electron chi connectivity index (χ0n) is 10.2. The Morgan fingerprint density at radius 1 is 0.947 bits per heavy atom. The molecule has 0 saturated carbocycles. The summed E-state index contributed by atoms with van der Waals surface area (Å²) in [6.45, 7) is 0.678. The minimum Gasteiger partial charge on any atom is -0.378 e. The van der Waals surface area contributed by atoms with Crippen molar-refractivity contribution in [2.75, 3.05) is 5.32 Å². The first-order valence-electron chi connectivity index (χ1n) is 6.02. The predicted octanol–water partition coefficient (Wildman–Crippen LogP) is 3.85. The number of nitrogens with zero attached hydrogens (tertiary/aromatic N) is 2. The second-order valence-electron chi connectivity index (χ2n) is 4.18. The van der Waals surface area contributed by atoms with E-state index in [1.807, 2.05) is 42.6 Å². The molecule has 1 heterocycles. The van der Waals surface area contributed by atoms with E-state index in [4.69, 9.17) is 0 Å². The quantitative estimate of drug-likeness (QED) is 0.721. The summed E-state index contributed by atoms with van der Waals surface area (Å²) < 4.78 is 1.20. The van der Waals surface area contributed by atoms with Crippen LogP contribution in [0.3, 0.4) is 0 Å². The number of fused-ring (bicyclic) bond motifs is 1. The van der Waals surface area contributed by atoms with E-state index in [2.05, 4.69) is 50.0 Å². The van der Waals surface area contributed by atoms with E-state index in [0.717, 1.165) is 22.4 Å². The average molecular weight is 361 g/mol. The van der Waals surface area contributed by atoms with Crippen LogP contribution in [0.5, 0.6) is 0 Å². The van der Waals surface area contributed by atoms with Crippen LogP contribution in [0.4, 0.5) is 5.69 Å². The Morgan fingerprint density at radius 2 is 1.68 bits per heavy atom. The molecule has 0 aliphatic heterocycles. The van der Waals surface area contributed by atoms with Gasteiger partial charge in [-0.3, -0.25) is 4.98 Å². The summed E-state index contributed by atoms with van der Waals surface area (Å²) in [7, 11) is 0. The number of hydrogen-bond donors (Lipinski definition) is 1. The third-order valence-electron chi connectivity index (χ3n) is 2.83. The van der Waals surface area contributed by atoms with E-state index in [1.54, 1.807) is 0 Å². The van der Waals surface area contributed by atoms with E-state index in [0.29, 0.717) is 6.54 Å². The van der Waals surface area contributed by atoms with Gasteiger partial charge >= 0.3 is 0 Å². The topological polar surface area (TPSA) is 37.8 Å². The first-order chi connectivity index (χ1) is 9.33. The molecule has 0 fully saturated rings. The zero-order valence-corrected chi connectivity index (χ0v) is 12.3. The third kappa shape index (κ3) is 2.84. The highest BCUT2D eigenvalue weighted by molar-refractivity contribution is 14.1. The van der Waals surface area contributed by atoms with Gasteiger partial charge in [-0.05, 0) is 46.9 Å². The maximum Gasteiger partial charge on any atom is 0.0890 e. The number of anilines is 1. The van der Waals surface area contributed by atoms with Crippen molar-refractivity contribution >= 4 is 39.3 Å². The Labute approximate surface area is 125 Å². The monoisotopic (exact) mass is 361 g/mol. The van der Waals surface area contributed by atoms with Crippen LogP contribution in [0.15, 0.2) is 54.7 Å². The van der Waals surface area contributed by atoms with Gasteiger partial charge in [-0.2, -0.15) is 0 Å². The van der Waals surface area contributed by atoms with E-state index in [1.165, 1.54) is 3.57 Å².